The Bertz CT molecular complexity index is 404. The second kappa shape index (κ2) is 8.23. The number of nitrogens with one attached hydrogen (secondary N) is 1. The van der Waals surface area contributed by atoms with Crippen molar-refractivity contribution in [3.8, 4) is 0 Å². The third-order valence-corrected chi connectivity index (χ3v) is 3.60. The second-order valence-corrected chi connectivity index (χ2v) is 6.21. The van der Waals surface area contributed by atoms with Crippen LogP contribution in [0.4, 0.5) is 0 Å². The molecule has 20 heavy (non-hydrogen) atoms. The van der Waals surface area contributed by atoms with Crippen molar-refractivity contribution in [2.24, 2.45) is 0 Å². The topological polar surface area (TPSA) is 15.3 Å². The maximum atomic E-state index is 3.89. The third-order valence-electron chi connectivity index (χ3n) is 3.60. The minimum absolute atomic E-state index is 0.156. The smallest absolute Gasteiger partial charge is 0.0244 e. The molecule has 0 aromatic heterocycles. The van der Waals surface area contributed by atoms with Crippen molar-refractivity contribution in [2.75, 3.05) is 19.6 Å². The van der Waals surface area contributed by atoms with Crippen LogP contribution in [0.2, 0.25) is 0 Å². The highest BCUT2D eigenvalue weighted by atomic mass is 15.2. The Morgan fingerprint density at radius 3 is 2.40 bits per heavy atom. The monoisotopic (exact) mass is 274 g/mol. The lowest BCUT2D eigenvalue weighted by Gasteiger charge is -2.35. The van der Waals surface area contributed by atoms with Crippen LogP contribution in [0.3, 0.4) is 0 Å². The van der Waals surface area contributed by atoms with E-state index < -0.39 is 0 Å². The van der Waals surface area contributed by atoms with Crippen LogP contribution in [0.5, 0.6) is 0 Å². The molecule has 0 unspecified atom stereocenters. The average Bonchev–Trinajstić information content (AvgIpc) is 2.39. The Morgan fingerprint density at radius 1 is 1.20 bits per heavy atom. The maximum absolute atomic E-state index is 3.89. The summed E-state index contributed by atoms with van der Waals surface area (Å²) in [4.78, 5) is 2.46. The van der Waals surface area contributed by atoms with E-state index >= 15 is 0 Å². The molecule has 0 aliphatic heterocycles. The van der Waals surface area contributed by atoms with Gasteiger partial charge in [-0.2, -0.15) is 0 Å². The van der Waals surface area contributed by atoms with E-state index in [4.69, 9.17) is 0 Å². The molecule has 1 aromatic rings. The molecule has 0 spiro atoms. The molecule has 1 rings (SSSR count). The Hall–Kier alpha value is -1.12. The molecule has 0 amide bonds. The van der Waals surface area contributed by atoms with Crippen LogP contribution in [0, 0.1) is 0 Å². The Balaban J connectivity index is 2.81. The van der Waals surface area contributed by atoms with Crippen LogP contribution in [0.25, 0.3) is 0 Å². The van der Waals surface area contributed by atoms with Gasteiger partial charge in [0.2, 0.25) is 0 Å². The normalized spacial score (nSPS) is 11.8. The number of hydrogen-bond acceptors (Lipinski definition) is 2. The van der Waals surface area contributed by atoms with Crippen molar-refractivity contribution in [3.63, 3.8) is 0 Å². The number of nitrogens with zero attached hydrogens (tertiary/aromatic N) is 1. The van der Waals surface area contributed by atoms with Crippen LogP contribution >= 0.6 is 0 Å². The zero-order valence-electron chi connectivity index (χ0n) is 13.6. The number of rotatable bonds is 8. The SMILES string of the molecule is C=CCN(Cc1ccccc1CCNCC)C(C)(C)C. The number of benzene rings is 1. The molecule has 1 N–H and O–H groups in total. The molecule has 0 fully saturated rings. The summed E-state index contributed by atoms with van der Waals surface area (Å²) < 4.78 is 0. The average molecular weight is 274 g/mol. The third kappa shape index (κ3) is 5.48. The summed E-state index contributed by atoms with van der Waals surface area (Å²) in [6, 6.07) is 8.78. The largest absolute Gasteiger partial charge is 0.317 e. The molecular formula is C18H30N2. The minimum Gasteiger partial charge on any atom is -0.317 e. The molecule has 0 saturated heterocycles. The van der Waals surface area contributed by atoms with E-state index in [0.717, 1.165) is 32.6 Å². The summed E-state index contributed by atoms with van der Waals surface area (Å²) in [6.07, 6.45) is 3.09. The zero-order valence-corrected chi connectivity index (χ0v) is 13.6. The maximum Gasteiger partial charge on any atom is 0.0244 e. The van der Waals surface area contributed by atoms with E-state index in [1.165, 1.54) is 11.1 Å². The van der Waals surface area contributed by atoms with Crippen molar-refractivity contribution in [1.29, 1.82) is 0 Å². The highest BCUT2D eigenvalue weighted by Gasteiger charge is 2.20. The van der Waals surface area contributed by atoms with Crippen molar-refractivity contribution in [3.05, 3.63) is 48.0 Å². The van der Waals surface area contributed by atoms with Crippen molar-refractivity contribution in [2.45, 2.75) is 46.2 Å². The summed E-state index contributed by atoms with van der Waals surface area (Å²) in [5.74, 6) is 0. The lowest BCUT2D eigenvalue weighted by Crippen LogP contribution is -2.41. The fourth-order valence-corrected chi connectivity index (χ4v) is 2.29. The second-order valence-electron chi connectivity index (χ2n) is 6.21. The van der Waals surface area contributed by atoms with Crippen LogP contribution in [-0.4, -0.2) is 30.1 Å². The van der Waals surface area contributed by atoms with Crippen molar-refractivity contribution < 1.29 is 0 Å². The van der Waals surface area contributed by atoms with Gasteiger partial charge in [-0.1, -0.05) is 37.3 Å². The van der Waals surface area contributed by atoms with Crippen LogP contribution in [-0.2, 0) is 13.0 Å². The van der Waals surface area contributed by atoms with Crippen LogP contribution < -0.4 is 5.32 Å². The fourth-order valence-electron chi connectivity index (χ4n) is 2.29. The first kappa shape index (κ1) is 16.9. The first-order chi connectivity index (χ1) is 9.49. The zero-order chi connectivity index (χ0) is 15.0. The Kier molecular flexibility index (Phi) is 6.97. The lowest BCUT2D eigenvalue weighted by molar-refractivity contribution is 0.145. The van der Waals surface area contributed by atoms with Gasteiger partial charge in [0.05, 0.1) is 0 Å². The van der Waals surface area contributed by atoms with E-state index in [1.807, 2.05) is 6.08 Å². The highest BCUT2D eigenvalue weighted by Crippen LogP contribution is 2.19. The molecule has 0 aliphatic rings. The van der Waals surface area contributed by atoms with Gasteiger partial charge in [0.25, 0.3) is 0 Å². The molecule has 0 heterocycles. The van der Waals surface area contributed by atoms with Gasteiger partial charge < -0.3 is 5.32 Å². The first-order valence-corrected chi connectivity index (χ1v) is 7.62. The van der Waals surface area contributed by atoms with Crippen LogP contribution in [0.15, 0.2) is 36.9 Å². The van der Waals surface area contributed by atoms with Gasteiger partial charge in [0.1, 0.15) is 0 Å². The summed E-state index contributed by atoms with van der Waals surface area (Å²) in [5, 5.41) is 3.40. The predicted molar refractivity (Wildman–Crippen MR) is 89.0 cm³/mol. The quantitative estimate of drug-likeness (QED) is 0.575. The van der Waals surface area contributed by atoms with Gasteiger partial charge in [0, 0.05) is 18.6 Å². The van der Waals surface area contributed by atoms with Gasteiger partial charge in [0.15, 0.2) is 0 Å². The van der Waals surface area contributed by atoms with Gasteiger partial charge in [-0.25, -0.2) is 0 Å². The molecule has 2 heteroatoms. The Morgan fingerprint density at radius 2 is 1.85 bits per heavy atom. The van der Waals surface area contributed by atoms with E-state index in [1.54, 1.807) is 0 Å². The molecule has 112 valence electrons. The summed E-state index contributed by atoms with van der Waals surface area (Å²) >= 11 is 0. The molecule has 0 radical (unpaired) electrons. The molecule has 1 aromatic carbocycles. The first-order valence-electron chi connectivity index (χ1n) is 7.62. The molecular weight excluding hydrogens is 244 g/mol. The number of hydrogen-bond donors (Lipinski definition) is 1. The molecule has 2 nitrogen and oxygen atoms in total. The minimum atomic E-state index is 0.156. The summed E-state index contributed by atoms with van der Waals surface area (Å²) in [5.41, 5.74) is 3.04. The van der Waals surface area contributed by atoms with Crippen molar-refractivity contribution in [1.82, 2.24) is 10.2 Å². The van der Waals surface area contributed by atoms with Gasteiger partial charge in [-0.3, -0.25) is 4.90 Å². The van der Waals surface area contributed by atoms with Gasteiger partial charge in [-0.15, -0.1) is 6.58 Å². The van der Waals surface area contributed by atoms with E-state index in [0.29, 0.717) is 0 Å². The molecule has 0 saturated carbocycles. The molecule has 0 aliphatic carbocycles. The van der Waals surface area contributed by atoms with E-state index in [2.05, 4.69) is 68.8 Å². The Labute approximate surface area is 124 Å². The van der Waals surface area contributed by atoms with Gasteiger partial charge in [-0.05, 0) is 51.4 Å². The molecule has 0 atom stereocenters. The van der Waals surface area contributed by atoms with E-state index in [-0.39, 0.29) is 5.54 Å². The number of likely N-dealkylation sites (N-methyl/N-ethyl adjacent to an activating group) is 1. The van der Waals surface area contributed by atoms with Crippen molar-refractivity contribution >= 4 is 0 Å². The predicted octanol–water partition coefficient (Wildman–Crippen LogP) is 3.63. The summed E-state index contributed by atoms with van der Waals surface area (Å²) in [6.45, 7) is 16.8. The van der Waals surface area contributed by atoms with Crippen LogP contribution in [0.1, 0.15) is 38.8 Å². The highest BCUT2D eigenvalue weighted by molar-refractivity contribution is 5.27. The summed E-state index contributed by atoms with van der Waals surface area (Å²) in [7, 11) is 0. The standard InChI is InChI=1S/C18H30N2/c1-6-14-20(18(3,4)5)15-17-11-9-8-10-16(17)12-13-19-7-2/h6,8-11,19H,1,7,12-15H2,2-5H3. The lowest BCUT2D eigenvalue weighted by atomic mass is 10.0. The van der Waals surface area contributed by atoms with E-state index in [9.17, 15) is 0 Å². The van der Waals surface area contributed by atoms with Gasteiger partial charge >= 0.3 is 0 Å². The fraction of sp³-hybridized carbons (Fsp3) is 0.556. The molecule has 0 bridgehead atoms.